The Morgan fingerprint density at radius 3 is 2.68 bits per heavy atom. The lowest BCUT2D eigenvalue weighted by Gasteiger charge is -2.29. The number of carbonyl (C=O) groups is 1. The maximum Gasteiger partial charge on any atom is 0.327 e. The average molecular weight is 319 g/mol. The van der Waals surface area contributed by atoms with Crippen LogP contribution in [0.15, 0.2) is 8.68 Å². The molecule has 2 rings (SSSR count). The SMILES string of the molecule is CNC(CSc1nnc(SC)s1)(C(=O)OC)C1CC1. The van der Waals surface area contributed by atoms with Crippen molar-refractivity contribution in [1.82, 2.24) is 15.5 Å². The van der Waals surface area contributed by atoms with E-state index in [2.05, 4.69) is 15.5 Å². The van der Waals surface area contributed by atoms with Gasteiger partial charge in [-0.25, -0.2) is 0 Å². The van der Waals surface area contributed by atoms with Crippen molar-refractivity contribution in [3.63, 3.8) is 0 Å². The molecular formula is C11H17N3O2S3. The van der Waals surface area contributed by atoms with Gasteiger partial charge in [-0.15, -0.1) is 10.2 Å². The Bertz CT molecular complexity index is 450. The first-order valence-electron chi connectivity index (χ1n) is 5.94. The van der Waals surface area contributed by atoms with Crippen LogP contribution in [0.4, 0.5) is 0 Å². The second-order valence-electron chi connectivity index (χ2n) is 4.31. The number of esters is 1. The molecule has 5 nitrogen and oxygen atoms in total. The van der Waals surface area contributed by atoms with Gasteiger partial charge in [0.15, 0.2) is 8.68 Å². The van der Waals surface area contributed by atoms with Crippen LogP contribution in [-0.4, -0.2) is 47.9 Å². The lowest BCUT2D eigenvalue weighted by Crippen LogP contribution is -2.55. The third-order valence-corrected chi connectivity index (χ3v) is 6.48. The fourth-order valence-corrected chi connectivity index (χ4v) is 4.75. The second-order valence-corrected chi connectivity index (χ2v) is 7.57. The van der Waals surface area contributed by atoms with Gasteiger partial charge in [0.1, 0.15) is 5.54 Å². The molecular weight excluding hydrogens is 302 g/mol. The molecule has 19 heavy (non-hydrogen) atoms. The smallest absolute Gasteiger partial charge is 0.327 e. The Morgan fingerprint density at radius 1 is 1.53 bits per heavy atom. The van der Waals surface area contributed by atoms with Crippen molar-refractivity contribution in [3.8, 4) is 0 Å². The van der Waals surface area contributed by atoms with Crippen LogP contribution in [0.5, 0.6) is 0 Å². The van der Waals surface area contributed by atoms with Crippen LogP contribution in [-0.2, 0) is 9.53 Å². The average Bonchev–Trinajstić information content (AvgIpc) is 3.19. The van der Waals surface area contributed by atoms with Crippen LogP contribution in [0.1, 0.15) is 12.8 Å². The maximum atomic E-state index is 12.1. The topological polar surface area (TPSA) is 64.1 Å². The largest absolute Gasteiger partial charge is 0.468 e. The summed E-state index contributed by atoms with van der Waals surface area (Å²) in [6.45, 7) is 0. The van der Waals surface area contributed by atoms with E-state index in [0.717, 1.165) is 21.5 Å². The number of nitrogens with one attached hydrogen (secondary N) is 1. The number of methoxy groups -OCH3 is 1. The van der Waals surface area contributed by atoms with E-state index in [0.29, 0.717) is 11.7 Å². The Labute approximate surface area is 125 Å². The second kappa shape index (κ2) is 6.43. The number of hydrogen-bond donors (Lipinski definition) is 1. The normalized spacial score (nSPS) is 18.1. The number of carbonyl (C=O) groups excluding carboxylic acids is 1. The molecule has 1 heterocycles. The standard InChI is InChI=1S/C11H17N3O2S3/c1-12-11(7-4-5-7,8(15)16-2)6-18-10-14-13-9(17-3)19-10/h7,12H,4-6H2,1-3H3. The fourth-order valence-electron chi connectivity index (χ4n) is 1.99. The van der Waals surface area contributed by atoms with Crippen LogP contribution in [0, 0.1) is 5.92 Å². The zero-order valence-corrected chi connectivity index (χ0v) is 13.6. The van der Waals surface area contributed by atoms with Gasteiger partial charge in [0.05, 0.1) is 7.11 Å². The van der Waals surface area contributed by atoms with Crippen LogP contribution >= 0.6 is 34.9 Å². The number of rotatable bonds is 7. The molecule has 0 saturated heterocycles. The summed E-state index contributed by atoms with van der Waals surface area (Å²) in [5, 5.41) is 11.4. The van der Waals surface area contributed by atoms with E-state index >= 15 is 0 Å². The van der Waals surface area contributed by atoms with Gasteiger partial charge in [-0.3, -0.25) is 4.79 Å². The monoisotopic (exact) mass is 319 g/mol. The summed E-state index contributed by atoms with van der Waals surface area (Å²) >= 11 is 4.71. The molecule has 0 spiro atoms. The Kier molecular flexibility index (Phi) is 5.10. The van der Waals surface area contributed by atoms with Crippen molar-refractivity contribution >= 4 is 40.8 Å². The first-order chi connectivity index (χ1) is 9.16. The summed E-state index contributed by atoms with van der Waals surface area (Å²) in [5.74, 6) is 0.814. The Hall–Kier alpha value is -0.310. The minimum atomic E-state index is -0.593. The van der Waals surface area contributed by atoms with E-state index in [4.69, 9.17) is 4.74 Å². The predicted molar refractivity (Wildman–Crippen MR) is 78.9 cm³/mol. The minimum Gasteiger partial charge on any atom is -0.468 e. The summed E-state index contributed by atoms with van der Waals surface area (Å²) in [7, 11) is 3.27. The summed E-state index contributed by atoms with van der Waals surface area (Å²) in [5.41, 5.74) is -0.593. The number of likely N-dealkylation sites (N-methyl/N-ethyl adjacent to an activating group) is 1. The molecule has 1 aliphatic rings. The molecule has 1 unspecified atom stereocenters. The van der Waals surface area contributed by atoms with Crippen molar-refractivity contribution in [2.45, 2.75) is 27.1 Å². The van der Waals surface area contributed by atoms with Crippen molar-refractivity contribution in [3.05, 3.63) is 0 Å². The molecule has 1 fully saturated rings. The third kappa shape index (κ3) is 3.24. The summed E-state index contributed by atoms with van der Waals surface area (Å²) in [6, 6.07) is 0. The van der Waals surface area contributed by atoms with E-state index < -0.39 is 5.54 Å². The van der Waals surface area contributed by atoms with Gasteiger partial charge >= 0.3 is 5.97 Å². The van der Waals surface area contributed by atoms with E-state index in [-0.39, 0.29) is 5.97 Å². The quantitative estimate of drug-likeness (QED) is 0.608. The molecule has 0 bridgehead atoms. The molecule has 0 aromatic carbocycles. The van der Waals surface area contributed by atoms with Gasteiger partial charge in [-0.05, 0) is 32.1 Å². The molecule has 1 saturated carbocycles. The molecule has 106 valence electrons. The van der Waals surface area contributed by atoms with E-state index in [9.17, 15) is 4.79 Å². The van der Waals surface area contributed by atoms with E-state index in [1.165, 1.54) is 7.11 Å². The molecule has 1 N–H and O–H groups in total. The molecule has 0 aliphatic heterocycles. The lowest BCUT2D eigenvalue weighted by atomic mass is 9.96. The third-order valence-electron chi connectivity index (χ3n) is 3.26. The molecule has 1 aliphatic carbocycles. The first-order valence-corrected chi connectivity index (χ1v) is 8.96. The van der Waals surface area contributed by atoms with Gasteiger partial charge in [0, 0.05) is 5.75 Å². The highest BCUT2D eigenvalue weighted by Gasteiger charge is 2.51. The van der Waals surface area contributed by atoms with E-state index in [1.54, 1.807) is 34.9 Å². The zero-order chi connectivity index (χ0) is 13.9. The molecule has 1 atom stereocenters. The highest BCUT2D eigenvalue weighted by atomic mass is 32.2. The highest BCUT2D eigenvalue weighted by molar-refractivity contribution is 8.03. The van der Waals surface area contributed by atoms with Gasteiger partial charge in [0.25, 0.3) is 0 Å². The van der Waals surface area contributed by atoms with Gasteiger partial charge in [0.2, 0.25) is 0 Å². The van der Waals surface area contributed by atoms with Crippen LogP contribution < -0.4 is 5.32 Å². The fraction of sp³-hybridized carbons (Fsp3) is 0.727. The van der Waals surface area contributed by atoms with E-state index in [1.807, 2.05) is 13.3 Å². The predicted octanol–water partition coefficient (Wildman–Crippen LogP) is 1.89. The Morgan fingerprint density at radius 2 is 2.21 bits per heavy atom. The minimum absolute atomic E-state index is 0.181. The molecule has 1 aromatic heterocycles. The Balaban J connectivity index is 2.05. The van der Waals surface area contributed by atoms with Crippen molar-refractivity contribution in [2.24, 2.45) is 5.92 Å². The number of hydrogen-bond acceptors (Lipinski definition) is 8. The zero-order valence-electron chi connectivity index (χ0n) is 11.1. The maximum absolute atomic E-state index is 12.1. The van der Waals surface area contributed by atoms with Gasteiger partial charge < -0.3 is 10.1 Å². The molecule has 0 amide bonds. The number of aromatic nitrogens is 2. The summed E-state index contributed by atoms with van der Waals surface area (Å²) in [4.78, 5) is 12.1. The lowest BCUT2D eigenvalue weighted by molar-refractivity contribution is -0.148. The summed E-state index contributed by atoms with van der Waals surface area (Å²) in [6.07, 6.45) is 4.12. The number of thioether (sulfide) groups is 2. The van der Waals surface area contributed by atoms with Crippen LogP contribution in [0.3, 0.4) is 0 Å². The molecule has 1 aromatic rings. The molecule has 8 heteroatoms. The first kappa shape index (κ1) is 15.1. The summed E-state index contributed by atoms with van der Waals surface area (Å²) < 4.78 is 6.81. The number of nitrogens with zero attached hydrogens (tertiary/aromatic N) is 2. The van der Waals surface area contributed by atoms with Crippen LogP contribution in [0.25, 0.3) is 0 Å². The van der Waals surface area contributed by atoms with Crippen molar-refractivity contribution in [1.29, 1.82) is 0 Å². The molecule has 0 radical (unpaired) electrons. The van der Waals surface area contributed by atoms with Gasteiger partial charge in [-0.2, -0.15) is 0 Å². The van der Waals surface area contributed by atoms with Gasteiger partial charge in [-0.1, -0.05) is 34.9 Å². The number of ether oxygens (including phenoxy) is 1. The highest BCUT2D eigenvalue weighted by Crippen LogP contribution is 2.43. The van der Waals surface area contributed by atoms with Crippen LogP contribution in [0.2, 0.25) is 0 Å². The van der Waals surface area contributed by atoms with Crippen molar-refractivity contribution < 1.29 is 9.53 Å². The van der Waals surface area contributed by atoms with Crippen molar-refractivity contribution in [2.75, 3.05) is 26.2 Å².